The third-order valence-corrected chi connectivity index (χ3v) is 5.18. The molecule has 1 aliphatic heterocycles. The summed E-state index contributed by atoms with van der Waals surface area (Å²) >= 11 is 3.63. The minimum atomic E-state index is 0.334. The Bertz CT molecular complexity index is 439. The summed E-state index contributed by atoms with van der Waals surface area (Å²) in [6.45, 7) is 11.8. The largest absolute Gasteiger partial charge is 0.329 e. The van der Waals surface area contributed by atoms with E-state index in [9.17, 15) is 0 Å². The molecule has 0 radical (unpaired) electrons. The minimum absolute atomic E-state index is 0.334. The van der Waals surface area contributed by atoms with E-state index in [-0.39, 0.29) is 0 Å². The molecule has 0 spiro atoms. The van der Waals surface area contributed by atoms with Crippen molar-refractivity contribution in [1.29, 1.82) is 0 Å². The Kier molecular flexibility index (Phi) is 5.61. The van der Waals surface area contributed by atoms with E-state index in [1.54, 1.807) is 0 Å². The Labute approximate surface area is 131 Å². The average molecular weight is 340 g/mol. The normalized spacial score (nSPS) is 19.5. The smallest absolute Gasteiger partial charge is 0.0471 e. The van der Waals surface area contributed by atoms with E-state index in [4.69, 9.17) is 5.73 Å². The van der Waals surface area contributed by atoms with Gasteiger partial charge in [-0.3, -0.25) is 9.80 Å². The van der Waals surface area contributed by atoms with Crippen molar-refractivity contribution in [3.63, 3.8) is 0 Å². The van der Waals surface area contributed by atoms with Gasteiger partial charge in [-0.15, -0.1) is 0 Å². The van der Waals surface area contributed by atoms with Crippen molar-refractivity contribution in [3.05, 3.63) is 33.8 Å². The van der Waals surface area contributed by atoms with Crippen LogP contribution in [-0.2, 0) is 0 Å². The molecular formula is C16H26BrN3. The molecule has 1 atom stereocenters. The van der Waals surface area contributed by atoms with Gasteiger partial charge in [0.1, 0.15) is 0 Å². The van der Waals surface area contributed by atoms with Crippen LogP contribution in [0.4, 0.5) is 0 Å². The molecule has 0 amide bonds. The van der Waals surface area contributed by atoms with E-state index in [2.05, 4.69) is 64.7 Å². The first-order valence-corrected chi connectivity index (χ1v) is 8.26. The van der Waals surface area contributed by atoms with Gasteiger partial charge in [-0.1, -0.05) is 28.1 Å². The van der Waals surface area contributed by atoms with E-state index in [1.807, 2.05) is 0 Å². The van der Waals surface area contributed by atoms with Gasteiger partial charge < -0.3 is 5.73 Å². The van der Waals surface area contributed by atoms with Gasteiger partial charge >= 0.3 is 0 Å². The summed E-state index contributed by atoms with van der Waals surface area (Å²) in [6, 6.07) is 7.59. The van der Waals surface area contributed by atoms with Crippen molar-refractivity contribution < 1.29 is 0 Å². The molecule has 2 rings (SSSR count). The SMILES string of the molecule is Cc1ccc(C(CN)N2CCN(C(C)C)CC2)cc1Br. The van der Waals surface area contributed by atoms with Crippen molar-refractivity contribution in [2.75, 3.05) is 32.7 Å². The number of aryl methyl sites for hydroxylation is 1. The Hall–Kier alpha value is -0.420. The number of nitrogens with two attached hydrogens (primary N) is 1. The Balaban J connectivity index is 2.07. The molecular weight excluding hydrogens is 314 g/mol. The molecule has 0 aliphatic carbocycles. The summed E-state index contributed by atoms with van der Waals surface area (Å²) in [5.74, 6) is 0. The number of benzene rings is 1. The molecule has 0 saturated carbocycles. The highest BCUT2D eigenvalue weighted by molar-refractivity contribution is 9.10. The predicted octanol–water partition coefficient (Wildman–Crippen LogP) is 2.78. The molecule has 1 saturated heterocycles. The summed E-state index contributed by atoms with van der Waals surface area (Å²) in [5, 5.41) is 0. The van der Waals surface area contributed by atoms with E-state index in [0.717, 1.165) is 26.2 Å². The van der Waals surface area contributed by atoms with Crippen LogP contribution in [0, 0.1) is 6.92 Å². The van der Waals surface area contributed by atoms with E-state index < -0.39 is 0 Å². The summed E-state index contributed by atoms with van der Waals surface area (Å²) < 4.78 is 1.18. The maximum Gasteiger partial charge on any atom is 0.0471 e. The highest BCUT2D eigenvalue weighted by atomic mass is 79.9. The van der Waals surface area contributed by atoms with Crippen LogP contribution in [0.3, 0.4) is 0 Å². The summed E-state index contributed by atoms with van der Waals surface area (Å²) in [7, 11) is 0. The quantitative estimate of drug-likeness (QED) is 0.915. The summed E-state index contributed by atoms with van der Waals surface area (Å²) in [4.78, 5) is 5.06. The van der Waals surface area contributed by atoms with Crippen LogP contribution in [0.2, 0.25) is 0 Å². The van der Waals surface area contributed by atoms with Gasteiger partial charge in [0.25, 0.3) is 0 Å². The monoisotopic (exact) mass is 339 g/mol. The molecule has 20 heavy (non-hydrogen) atoms. The molecule has 1 unspecified atom stereocenters. The molecule has 1 aliphatic rings. The van der Waals surface area contributed by atoms with Crippen molar-refractivity contribution in [2.45, 2.75) is 32.9 Å². The minimum Gasteiger partial charge on any atom is -0.329 e. The number of piperazine rings is 1. The molecule has 0 aromatic heterocycles. The van der Waals surface area contributed by atoms with Gasteiger partial charge in [0.2, 0.25) is 0 Å². The summed E-state index contributed by atoms with van der Waals surface area (Å²) in [5.41, 5.74) is 8.64. The molecule has 112 valence electrons. The fourth-order valence-corrected chi connectivity index (χ4v) is 3.27. The van der Waals surface area contributed by atoms with E-state index in [1.165, 1.54) is 15.6 Å². The van der Waals surface area contributed by atoms with Crippen LogP contribution >= 0.6 is 15.9 Å². The third kappa shape index (κ3) is 3.61. The zero-order valence-electron chi connectivity index (χ0n) is 12.8. The molecule has 3 nitrogen and oxygen atoms in total. The van der Waals surface area contributed by atoms with Gasteiger partial charge in [0.05, 0.1) is 0 Å². The van der Waals surface area contributed by atoms with Crippen molar-refractivity contribution in [1.82, 2.24) is 9.80 Å². The van der Waals surface area contributed by atoms with Crippen molar-refractivity contribution in [3.8, 4) is 0 Å². The number of hydrogen-bond acceptors (Lipinski definition) is 3. The number of rotatable bonds is 4. The molecule has 0 bridgehead atoms. The first-order chi connectivity index (χ1) is 9.52. The van der Waals surface area contributed by atoms with Gasteiger partial charge in [-0.25, -0.2) is 0 Å². The first kappa shape index (κ1) is 16.0. The van der Waals surface area contributed by atoms with Gasteiger partial charge in [-0.2, -0.15) is 0 Å². The maximum atomic E-state index is 6.05. The van der Waals surface area contributed by atoms with Crippen LogP contribution in [0.15, 0.2) is 22.7 Å². The Morgan fingerprint density at radius 2 is 1.75 bits per heavy atom. The number of nitrogens with zero attached hydrogens (tertiary/aromatic N) is 2. The van der Waals surface area contributed by atoms with E-state index >= 15 is 0 Å². The Morgan fingerprint density at radius 1 is 1.15 bits per heavy atom. The van der Waals surface area contributed by atoms with Crippen LogP contribution in [0.5, 0.6) is 0 Å². The molecule has 1 aromatic carbocycles. The predicted molar refractivity (Wildman–Crippen MR) is 89.0 cm³/mol. The summed E-state index contributed by atoms with van der Waals surface area (Å²) in [6.07, 6.45) is 0. The molecule has 1 fully saturated rings. The van der Waals surface area contributed by atoms with Crippen LogP contribution in [0.1, 0.15) is 31.0 Å². The molecule has 2 N–H and O–H groups in total. The zero-order chi connectivity index (χ0) is 14.7. The second-order valence-electron chi connectivity index (χ2n) is 5.93. The lowest BCUT2D eigenvalue weighted by Crippen LogP contribution is -2.50. The van der Waals surface area contributed by atoms with Gasteiger partial charge in [0.15, 0.2) is 0 Å². The third-order valence-electron chi connectivity index (χ3n) is 4.32. The van der Waals surface area contributed by atoms with E-state index in [0.29, 0.717) is 18.6 Å². The lowest BCUT2D eigenvalue weighted by Gasteiger charge is -2.40. The van der Waals surface area contributed by atoms with Gasteiger partial charge in [-0.05, 0) is 38.0 Å². The number of halogens is 1. The first-order valence-electron chi connectivity index (χ1n) is 7.47. The van der Waals surface area contributed by atoms with Crippen molar-refractivity contribution >= 4 is 15.9 Å². The van der Waals surface area contributed by atoms with Crippen LogP contribution < -0.4 is 5.73 Å². The number of hydrogen-bond donors (Lipinski definition) is 1. The highest BCUT2D eigenvalue weighted by Gasteiger charge is 2.25. The molecule has 1 aromatic rings. The molecule has 1 heterocycles. The lowest BCUT2D eigenvalue weighted by molar-refractivity contribution is 0.0802. The van der Waals surface area contributed by atoms with Gasteiger partial charge in [0, 0.05) is 49.3 Å². The second-order valence-corrected chi connectivity index (χ2v) is 6.78. The fraction of sp³-hybridized carbons (Fsp3) is 0.625. The average Bonchev–Trinajstić information content (AvgIpc) is 2.44. The second kappa shape index (κ2) is 7.03. The topological polar surface area (TPSA) is 32.5 Å². The Morgan fingerprint density at radius 3 is 2.25 bits per heavy atom. The zero-order valence-corrected chi connectivity index (χ0v) is 14.4. The fourth-order valence-electron chi connectivity index (χ4n) is 2.88. The van der Waals surface area contributed by atoms with Crippen LogP contribution in [0.25, 0.3) is 0 Å². The standard InChI is InChI=1S/C16H26BrN3/c1-12(2)19-6-8-20(9-7-19)16(11-18)14-5-4-13(3)15(17)10-14/h4-5,10,12,16H,6-9,11,18H2,1-3H3. The van der Waals surface area contributed by atoms with Crippen molar-refractivity contribution in [2.24, 2.45) is 5.73 Å². The van der Waals surface area contributed by atoms with Crippen LogP contribution in [-0.4, -0.2) is 48.6 Å². The molecule has 4 heteroatoms. The highest BCUT2D eigenvalue weighted by Crippen LogP contribution is 2.26. The lowest BCUT2D eigenvalue weighted by atomic mass is 10.0. The maximum absolute atomic E-state index is 6.05.